The van der Waals surface area contributed by atoms with Crippen molar-refractivity contribution in [3.63, 3.8) is 0 Å². The molecule has 0 aromatic rings. The molecule has 2 fully saturated rings. The van der Waals surface area contributed by atoms with Crippen LogP contribution >= 0.6 is 0 Å². The molecule has 2 saturated heterocycles. The highest BCUT2D eigenvalue weighted by atomic mass is 16.2. The average molecular weight is 239 g/mol. The van der Waals surface area contributed by atoms with E-state index in [0.29, 0.717) is 12.0 Å². The Morgan fingerprint density at radius 2 is 2.18 bits per heavy atom. The molecular weight excluding hydrogens is 214 g/mol. The number of nitrogens with zero attached hydrogens (tertiary/aromatic N) is 1. The lowest BCUT2D eigenvalue weighted by Crippen LogP contribution is -2.55. The van der Waals surface area contributed by atoms with Crippen molar-refractivity contribution in [1.29, 1.82) is 0 Å². The fraction of sp³-hybridized carbons (Fsp3) is 0.923. The minimum atomic E-state index is 0.0241. The molecule has 4 nitrogen and oxygen atoms in total. The van der Waals surface area contributed by atoms with Crippen molar-refractivity contribution in [2.24, 2.45) is 5.92 Å². The van der Waals surface area contributed by atoms with Gasteiger partial charge in [0.2, 0.25) is 5.91 Å². The fourth-order valence-corrected chi connectivity index (χ4v) is 2.98. The van der Waals surface area contributed by atoms with Crippen LogP contribution in [0.4, 0.5) is 0 Å². The number of likely N-dealkylation sites (N-methyl/N-ethyl adjacent to an activating group) is 1. The van der Waals surface area contributed by atoms with Crippen molar-refractivity contribution in [3.05, 3.63) is 0 Å². The zero-order chi connectivity index (χ0) is 12.3. The number of hydrogen-bond acceptors (Lipinski definition) is 3. The molecule has 3 unspecified atom stereocenters. The molecule has 0 aliphatic carbocycles. The van der Waals surface area contributed by atoms with Crippen LogP contribution in [0.5, 0.6) is 0 Å². The van der Waals surface area contributed by atoms with Crippen LogP contribution in [0.1, 0.15) is 32.6 Å². The predicted molar refractivity (Wildman–Crippen MR) is 68.9 cm³/mol. The second-order valence-corrected chi connectivity index (χ2v) is 5.66. The normalized spacial score (nSPS) is 35.5. The Bertz CT molecular complexity index is 269. The third-order valence-electron chi connectivity index (χ3n) is 4.02. The molecule has 0 bridgehead atoms. The number of likely N-dealkylation sites (tertiary alicyclic amines) is 1. The molecule has 0 spiro atoms. The number of carbonyl (C=O) groups is 1. The predicted octanol–water partition coefficient (Wildman–Crippen LogP) is 0.585. The summed E-state index contributed by atoms with van der Waals surface area (Å²) in [5.74, 6) is 0.669. The van der Waals surface area contributed by atoms with Crippen molar-refractivity contribution in [2.45, 2.75) is 44.7 Å². The number of carbonyl (C=O) groups excluding carboxylic acids is 1. The van der Waals surface area contributed by atoms with Gasteiger partial charge in [-0.15, -0.1) is 0 Å². The molecule has 2 N–H and O–H groups in total. The second-order valence-electron chi connectivity index (χ2n) is 5.66. The molecular formula is C13H25N3O. The summed E-state index contributed by atoms with van der Waals surface area (Å²) >= 11 is 0. The molecule has 2 heterocycles. The van der Waals surface area contributed by atoms with Crippen molar-refractivity contribution in [2.75, 3.05) is 26.7 Å². The monoisotopic (exact) mass is 239 g/mol. The number of rotatable bonds is 2. The first-order chi connectivity index (χ1) is 8.16. The summed E-state index contributed by atoms with van der Waals surface area (Å²) in [6.07, 6.45) is 4.67. The van der Waals surface area contributed by atoms with Crippen molar-refractivity contribution < 1.29 is 4.79 Å². The van der Waals surface area contributed by atoms with Gasteiger partial charge in [0.1, 0.15) is 0 Å². The van der Waals surface area contributed by atoms with Crippen molar-refractivity contribution in [1.82, 2.24) is 15.5 Å². The van der Waals surface area contributed by atoms with E-state index < -0.39 is 0 Å². The van der Waals surface area contributed by atoms with Crippen LogP contribution < -0.4 is 10.6 Å². The molecule has 4 heteroatoms. The first-order valence-electron chi connectivity index (χ1n) is 6.89. The first-order valence-corrected chi connectivity index (χ1v) is 6.89. The van der Waals surface area contributed by atoms with Crippen molar-refractivity contribution in [3.8, 4) is 0 Å². The van der Waals surface area contributed by atoms with Gasteiger partial charge in [-0.1, -0.05) is 6.92 Å². The van der Waals surface area contributed by atoms with Crippen LogP contribution in [0, 0.1) is 5.92 Å². The molecule has 0 saturated carbocycles. The van der Waals surface area contributed by atoms with Crippen LogP contribution in [0.3, 0.4) is 0 Å². The molecule has 2 aliphatic rings. The molecule has 0 aromatic heterocycles. The summed E-state index contributed by atoms with van der Waals surface area (Å²) < 4.78 is 0. The van der Waals surface area contributed by atoms with E-state index in [1.54, 1.807) is 0 Å². The minimum Gasteiger partial charge on any atom is -0.351 e. The Hall–Kier alpha value is -0.610. The average Bonchev–Trinajstić information content (AvgIpc) is 2.29. The topological polar surface area (TPSA) is 44.4 Å². The maximum Gasteiger partial charge on any atom is 0.237 e. The summed E-state index contributed by atoms with van der Waals surface area (Å²) in [5.41, 5.74) is 0. The molecule has 0 aromatic carbocycles. The minimum absolute atomic E-state index is 0.0241. The number of nitrogens with one attached hydrogen (secondary N) is 2. The Balaban J connectivity index is 1.83. The highest BCUT2D eigenvalue weighted by Crippen LogP contribution is 2.16. The largest absolute Gasteiger partial charge is 0.351 e. The van der Waals surface area contributed by atoms with Gasteiger partial charge in [0.15, 0.2) is 0 Å². The third kappa shape index (κ3) is 3.42. The summed E-state index contributed by atoms with van der Waals surface area (Å²) in [5, 5.41) is 6.55. The first kappa shape index (κ1) is 12.8. The summed E-state index contributed by atoms with van der Waals surface area (Å²) in [4.78, 5) is 14.5. The lowest BCUT2D eigenvalue weighted by molar-refractivity contribution is -0.125. The van der Waals surface area contributed by atoms with E-state index in [-0.39, 0.29) is 11.9 Å². The van der Waals surface area contributed by atoms with E-state index in [2.05, 4.69) is 29.5 Å². The molecule has 17 heavy (non-hydrogen) atoms. The molecule has 2 aliphatic heterocycles. The fourth-order valence-electron chi connectivity index (χ4n) is 2.98. The van der Waals surface area contributed by atoms with E-state index in [1.165, 1.54) is 12.8 Å². The molecule has 2 rings (SSSR count). The van der Waals surface area contributed by atoms with Gasteiger partial charge in [-0.2, -0.15) is 0 Å². The molecule has 3 atom stereocenters. The van der Waals surface area contributed by atoms with Gasteiger partial charge in [-0.3, -0.25) is 4.79 Å². The van der Waals surface area contributed by atoms with Gasteiger partial charge in [-0.25, -0.2) is 0 Å². The van der Waals surface area contributed by atoms with Gasteiger partial charge in [0.25, 0.3) is 0 Å². The summed E-state index contributed by atoms with van der Waals surface area (Å²) in [7, 11) is 2.12. The maximum absolute atomic E-state index is 12.2. The van der Waals surface area contributed by atoms with E-state index in [9.17, 15) is 4.79 Å². The van der Waals surface area contributed by atoms with E-state index >= 15 is 0 Å². The third-order valence-corrected chi connectivity index (χ3v) is 4.02. The quantitative estimate of drug-likeness (QED) is 0.741. The Kier molecular flexibility index (Phi) is 4.40. The van der Waals surface area contributed by atoms with Gasteiger partial charge < -0.3 is 15.5 Å². The Morgan fingerprint density at radius 1 is 1.35 bits per heavy atom. The van der Waals surface area contributed by atoms with E-state index in [0.717, 1.165) is 32.5 Å². The summed E-state index contributed by atoms with van der Waals surface area (Å²) in [6, 6.07) is 0.369. The van der Waals surface area contributed by atoms with Crippen molar-refractivity contribution >= 4 is 5.91 Å². The Labute approximate surface area is 104 Å². The van der Waals surface area contributed by atoms with Crippen LogP contribution in [-0.4, -0.2) is 49.6 Å². The highest BCUT2D eigenvalue weighted by molar-refractivity contribution is 5.82. The van der Waals surface area contributed by atoms with Crippen LogP contribution in [0.15, 0.2) is 0 Å². The molecule has 1 amide bonds. The Morgan fingerprint density at radius 3 is 2.88 bits per heavy atom. The highest BCUT2D eigenvalue weighted by Gasteiger charge is 2.29. The smallest absolute Gasteiger partial charge is 0.237 e. The zero-order valence-corrected chi connectivity index (χ0v) is 11.0. The summed E-state index contributed by atoms with van der Waals surface area (Å²) in [6.45, 7) is 5.30. The van der Waals surface area contributed by atoms with Crippen LogP contribution in [-0.2, 0) is 4.79 Å². The van der Waals surface area contributed by atoms with E-state index in [1.807, 2.05) is 0 Å². The lowest BCUT2D eigenvalue weighted by Gasteiger charge is -2.34. The number of hydrogen-bond donors (Lipinski definition) is 2. The lowest BCUT2D eigenvalue weighted by atomic mass is 9.92. The second kappa shape index (κ2) is 5.83. The van der Waals surface area contributed by atoms with Gasteiger partial charge >= 0.3 is 0 Å². The van der Waals surface area contributed by atoms with Gasteiger partial charge in [0.05, 0.1) is 6.04 Å². The number of piperidine rings is 2. The SMILES string of the molecule is CC1CCCNC1C(=O)NC1CCCN(C)C1. The zero-order valence-electron chi connectivity index (χ0n) is 11.0. The molecule has 0 radical (unpaired) electrons. The molecule has 98 valence electrons. The van der Waals surface area contributed by atoms with Gasteiger partial charge in [0, 0.05) is 12.6 Å². The van der Waals surface area contributed by atoms with Crippen LogP contribution in [0.25, 0.3) is 0 Å². The van der Waals surface area contributed by atoms with Crippen LogP contribution in [0.2, 0.25) is 0 Å². The maximum atomic E-state index is 12.2. The van der Waals surface area contributed by atoms with Gasteiger partial charge in [-0.05, 0) is 51.7 Å². The van der Waals surface area contributed by atoms with E-state index in [4.69, 9.17) is 0 Å². The number of amides is 1. The standard InChI is InChI=1S/C13H25N3O/c1-10-5-3-7-14-12(10)13(17)15-11-6-4-8-16(2)9-11/h10-12,14H,3-9H2,1-2H3,(H,15,17).